The van der Waals surface area contributed by atoms with Crippen molar-refractivity contribution in [3.8, 4) is 0 Å². The van der Waals surface area contributed by atoms with Gasteiger partial charge in [0.1, 0.15) is 5.78 Å². The van der Waals surface area contributed by atoms with E-state index in [9.17, 15) is 4.79 Å². The maximum Gasteiger partial charge on any atom is 0.130 e. The van der Waals surface area contributed by atoms with E-state index in [4.69, 9.17) is 0 Å². The second-order valence-electron chi connectivity index (χ2n) is 3.65. The highest BCUT2D eigenvalue weighted by atomic mass is 16.1. The molecule has 1 unspecified atom stereocenters. The van der Waals surface area contributed by atoms with Crippen molar-refractivity contribution in [2.24, 2.45) is 5.92 Å². The molecule has 0 rings (SSSR count). The molecule has 0 aromatic heterocycles. The first-order chi connectivity index (χ1) is 5.56. The predicted molar refractivity (Wildman–Crippen MR) is 53.1 cm³/mol. The van der Waals surface area contributed by atoms with E-state index in [2.05, 4.69) is 26.8 Å². The molecule has 1 atom stereocenters. The molecule has 0 aromatic carbocycles. The first-order valence-electron chi connectivity index (χ1n) is 4.73. The summed E-state index contributed by atoms with van der Waals surface area (Å²) in [5.41, 5.74) is 1.41. The molecule has 0 aromatic rings. The molecule has 0 radical (unpaired) electrons. The maximum atomic E-state index is 10.8. The molecule has 0 heterocycles. The number of hydrogen-bond donors (Lipinski definition) is 0. The van der Waals surface area contributed by atoms with E-state index in [1.807, 2.05) is 0 Å². The molecule has 0 spiro atoms. The second-order valence-corrected chi connectivity index (χ2v) is 3.65. The van der Waals surface area contributed by atoms with Crippen LogP contribution in [-0.4, -0.2) is 5.78 Å². The molecule has 1 nitrogen and oxygen atoms in total. The molecule has 0 aliphatic carbocycles. The van der Waals surface area contributed by atoms with Crippen molar-refractivity contribution in [3.05, 3.63) is 11.6 Å². The van der Waals surface area contributed by atoms with Crippen LogP contribution < -0.4 is 0 Å². The summed E-state index contributed by atoms with van der Waals surface area (Å²) in [4.78, 5) is 10.8. The van der Waals surface area contributed by atoms with Gasteiger partial charge in [0.2, 0.25) is 0 Å². The van der Waals surface area contributed by atoms with E-state index in [1.54, 1.807) is 6.92 Å². The minimum Gasteiger partial charge on any atom is -0.300 e. The molecule has 0 amide bonds. The van der Waals surface area contributed by atoms with E-state index >= 15 is 0 Å². The van der Waals surface area contributed by atoms with E-state index in [0.717, 1.165) is 6.42 Å². The van der Waals surface area contributed by atoms with Gasteiger partial charge in [-0.1, -0.05) is 31.9 Å². The Bertz CT molecular complexity index is 168. The topological polar surface area (TPSA) is 17.1 Å². The second kappa shape index (κ2) is 5.99. The zero-order valence-corrected chi connectivity index (χ0v) is 8.68. The largest absolute Gasteiger partial charge is 0.300 e. The van der Waals surface area contributed by atoms with Gasteiger partial charge in [-0.2, -0.15) is 0 Å². The fourth-order valence-corrected chi connectivity index (χ4v) is 1.48. The molecule has 0 aliphatic heterocycles. The van der Waals surface area contributed by atoms with Crippen LogP contribution in [0, 0.1) is 5.92 Å². The van der Waals surface area contributed by atoms with Crippen molar-refractivity contribution in [1.82, 2.24) is 0 Å². The van der Waals surface area contributed by atoms with Gasteiger partial charge in [0.25, 0.3) is 0 Å². The van der Waals surface area contributed by atoms with Crippen LogP contribution in [-0.2, 0) is 4.79 Å². The Morgan fingerprint density at radius 3 is 2.42 bits per heavy atom. The molecule has 0 fully saturated rings. The third-order valence-corrected chi connectivity index (χ3v) is 1.82. The van der Waals surface area contributed by atoms with Gasteiger partial charge in [-0.15, -0.1) is 0 Å². The SMILES string of the molecule is CCCC(C)=CC(C)CC(C)=O. The van der Waals surface area contributed by atoms with Gasteiger partial charge < -0.3 is 4.79 Å². The van der Waals surface area contributed by atoms with Crippen LogP contribution in [0.3, 0.4) is 0 Å². The number of ketones is 1. The normalized spacial score (nSPS) is 14.5. The van der Waals surface area contributed by atoms with Crippen molar-refractivity contribution < 1.29 is 4.79 Å². The highest BCUT2D eigenvalue weighted by Crippen LogP contribution is 2.11. The van der Waals surface area contributed by atoms with Gasteiger partial charge in [-0.3, -0.25) is 0 Å². The Balaban J connectivity index is 3.86. The van der Waals surface area contributed by atoms with Crippen molar-refractivity contribution >= 4 is 5.78 Å². The van der Waals surface area contributed by atoms with E-state index in [0.29, 0.717) is 12.3 Å². The summed E-state index contributed by atoms with van der Waals surface area (Å²) in [6.07, 6.45) is 5.24. The zero-order valence-electron chi connectivity index (χ0n) is 8.68. The van der Waals surface area contributed by atoms with Crippen LogP contribution in [0.5, 0.6) is 0 Å². The Hall–Kier alpha value is -0.590. The van der Waals surface area contributed by atoms with Crippen LogP contribution in [0.1, 0.15) is 47.0 Å². The number of hydrogen-bond acceptors (Lipinski definition) is 1. The smallest absolute Gasteiger partial charge is 0.130 e. The van der Waals surface area contributed by atoms with Gasteiger partial charge in [0.05, 0.1) is 0 Å². The number of carbonyl (C=O) groups excluding carboxylic acids is 1. The summed E-state index contributed by atoms with van der Waals surface area (Å²) in [5, 5.41) is 0. The lowest BCUT2D eigenvalue weighted by Gasteiger charge is -2.05. The van der Waals surface area contributed by atoms with Crippen LogP contribution in [0.4, 0.5) is 0 Å². The van der Waals surface area contributed by atoms with E-state index < -0.39 is 0 Å². The van der Waals surface area contributed by atoms with Crippen molar-refractivity contribution in [2.75, 3.05) is 0 Å². The Morgan fingerprint density at radius 2 is 2.00 bits per heavy atom. The fourth-order valence-electron chi connectivity index (χ4n) is 1.48. The number of Topliss-reactive ketones (excluding diaryl/α,β-unsaturated/α-hetero) is 1. The predicted octanol–water partition coefficient (Wildman–Crippen LogP) is 3.35. The lowest BCUT2D eigenvalue weighted by Crippen LogP contribution is -1.99. The zero-order chi connectivity index (χ0) is 9.56. The summed E-state index contributed by atoms with van der Waals surface area (Å²) in [6.45, 7) is 8.06. The van der Waals surface area contributed by atoms with Gasteiger partial charge in [0.15, 0.2) is 0 Å². The van der Waals surface area contributed by atoms with Gasteiger partial charge in [0, 0.05) is 6.42 Å². The summed E-state index contributed by atoms with van der Waals surface area (Å²) < 4.78 is 0. The quantitative estimate of drug-likeness (QED) is 0.575. The summed E-state index contributed by atoms with van der Waals surface area (Å²) >= 11 is 0. The lowest BCUT2D eigenvalue weighted by atomic mass is 10.0. The molecule has 0 saturated heterocycles. The highest BCUT2D eigenvalue weighted by Gasteiger charge is 2.01. The third-order valence-electron chi connectivity index (χ3n) is 1.82. The molecule has 0 bridgehead atoms. The highest BCUT2D eigenvalue weighted by molar-refractivity contribution is 5.75. The Morgan fingerprint density at radius 1 is 1.42 bits per heavy atom. The molecule has 0 saturated carbocycles. The Labute approximate surface area is 75.9 Å². The fraction of sp³-hybridized carbons (Fsp3) is 0.727. The molecule has 0 N–H and O–H groups in total. The number of rotatable bonds is 5. The van der Waals surface area contributed by atoms with Gasteiger partial charge in [-0.05, 0) is 26.2 Å². The lowest BCUT2D eigenvalue weighted by molar-refractivity contribution is -0.117. The summed E-state index contributed by atoms with van der Waals surface area (Å²) in [5.74, 6) is 0.692. The van der Waals surface area contributed by atoms with Crippen LogP contribution in [0.15, 0.2) is 11.6 Å². The standard InChI is InChI=1S/C11H20O/c1-5-6-9(2)7-10(3)8-11(4)12/h7,10H,5-6,8H2,1-4H3. The van der Waals surface area contributed by atoms with Crippen LogP contribution >= 0.6 is 0 Å². The van der Waals surface area contributed by atoms with E-state index in [-0.39, 0.29) is 5.78 Å². The molecular weight excluding hydrogens is 148 g/mol. The van der Waals surface area contributed by atoms with Gasteiger partial charge >= 0.3 is 0 Å². The average molecular weight is 168 g/mol. The first-order valence-corrected chi connectivity index (χ1v) is 4.73. The van der Waals surface area contributed by atoms with Crippen molar-refractivity contribution in [1.29, 1.82) is 0 Å². The van der Waals surface area contributed by atoms with Crippen LogP contribution in [0.25, 0.3) is 0 Å². The average Bonchev–Trinajstić information content (AvgIpc) is 1.84. The van der Waals surface area contributed by atoms with Crippen molar-refractivity contribution in [2.45, 2.75) is 47.0 Å². The molecule has 1 heteroatoms. The Kier molecular flexibility index (Phi) is 5.69. The first kappa shape index (κ1) is 11.4. The summed E-state index contributed by atoms with van der Waals surface area (Å²) in [6, 6.07) is 0. The summed E-state index contributed by atoms with van der Waals surface area (Å²) in [7, 11) is 0. The molecular formula is C11H20O. The minimum absolute atomic E-state index is 0.281. The molecule has 12 heavy (non-hydrogen) atoms. The van der Waals surface area contributed by atoms with Gasteiger partial charge in [-0.25, -0.2) is 0 Å². The number of allylic oxidation sites excluding steroid dienone is 2. The van der Waals surface area contributed by atoms with Crippen molar-refractivity contribution in [3.63, 3.8) is 0 Å². The molecule has 70 valence electrons. The van der Waals surface area contributed by atoms with Crippen LogP contribution in [0.2, 0.25) is 0 Å². The monoisotopic (exact) mass is 168 g/mol. The van der Waals surface area contributed by atoms with E-state index in [1.165, 1.54) is 12.0 Å². The maximum absolute atomic E-state index is 10.8. The molecule has 0 aliphatic rings. The minimum atomic E-state index is 0.281. The number of carbonyl (C=O) groups is 1. The third kappa shape index (κ3) is 6.14.